The number of ether oxygens (including phenoxy) is 5. The molecule has 2 aliphatic heterocycles. The van der Waals surface area contributed by atoms with Crippen molar-refractivity contribution in [1.82, 2.24) is 0 Å². The van der Waals surface area contributed by atoms with E-state index in [1.54, 1.807) is 0 Å². The van der Waals surface area contributed by atoms with Gasteiger partial charge in [0.15, 0.2) is 24.6 Å². The molecule has 112 valence electrons. The highest BCUT2D eigenvalue weighted by Crippen LogP contribution is 2.34. The van der Waals surface area contributed by atoms with E-state index in [1.165, 1.54) is 20.8 Å². The van der Waals surface area contributed by atoms with Crippen molar-refractivity contribution >= 4 is 17.9 Å². The van der Waals surface area contributed by atoms with Gasteiger partial charge in [-0.3, -0.25) is 14.4 Å². The fraction of sp³-hybridized carbons (Fsp3) is 0.750. The van der Waals surface area contributed by atoms with E-state index in [0.717, 1.165) is 0 Å². The largest absolute Gasteiger partial charge is 0.457 e. The van der Waals surface area contributed by atoms with Crippen molar-refractivity contribution in [1.29, 1.82) is 0 Å². The molecule has 0 aromatic heterocycles. The Kier molecular flexibility index (Phi) is 4.24. The van der Waals surface area contributed by atoms with Crippen LogP contribution in [-0.2, 0) is 38.1 Å². The topological polar surface area (TPSA) is 97.4 Å². The highest BCUT2D eigenvalue weighted by atomic mass is 16.8. The summed E-state index contributed by atoms with van der Waals surface area (Å²) >= 11 is 0. The molecular formula is C12H16O8. The van der Waals surface area contributed by atoms with Gasteiger partial charge in [-0.2, -0.15) is 0 Å². The first-order valence-corrected chi connectivity index (χ1v) is 6.17. The van der Waals surface area contributed by atoms with Crippen molar-refractivity contribution in [2.24, 2.45) is 0 Å². The van der Waals surface area contributed by atoms with Crippen LogP contribution < -0.4 is 0 Å². The maximum Gasteiger partial charge on any atom is 0.303 e. The zero-order valence-electron chi connectivity index (χ0n) is 11.4. The first-order valence-electron chi connectivity index (χ1n) is 6.17. The van der Waals surface area contributed by atoms with E-state index in [4.69, 9.17) is 23.7 Å². The summed E-state index contributed by atoms with van der Waals surface area (Å²) in [5.74, 6) is -1.60. The van der Waals surface area contributed by atoms with Gasteiger partial charge in [-0.05, 0) is 0 Å². The number of rotatable bonds is 3. The second-order valence-corrected chi connectivity index (χ2v) is 4.60. The van der Waals surface area contributed by atoms with E-state index in [2.05, 4.69) is 0 Å². The van der Waals surface area contributed by atoms with Crippen LogP contribution in [0.2, 0.25) is 0 Å². The summed E-state index contributed by atoms with van der Waals surface area (Å²) in [5, 5.41) is 0. The standard InChI is InChI=1S/C12H16O8/c1-5(13)17-8-4-16-12-11(19-7(3)15)10(9(8)20-12)18-6(2)14/h8-12H,4H2,1-3H3/t8-,9+,10+,11+,12+/m1/s1. The third-order valence-corrected chi connectivity index (χ3v) is 2.92. The van der Waals surface area contributed by atoms with E-state index in [9.17, 15) is 14.4 Å². The third kappa shape index (κ3) is 3.07. The van der Waals surface area contributed by atoms with Crippen molar-refractivity contribution in [3.05, 3.63) is 0 Å². The number of hydrogen-bond donors (Lipinski definition) is 0. The monoisotopic (exact) mass is 288 g/mol. The lowest BCUT2D eigenvalue weighted by Gasteiger charge is -2.29. The molecule has 2 fully saturated rings. The second-order valence-electron chi connectivity index (χ2n) is 4.60. The van der Waals surface area contributed by atoms with Gasteiger partial charge in [0.2, 0.25) is 0 Å². The normalized spacial score (nSPS) is 35.2. The highest BCUT2D eigenvalue weighted by molar-refractivity contribution is 5.68. The van der Waals surface area contributed by atoms with Crippen LogP contribution in [0.5, 0.6) is 0 Å². The lowest BCUT2D eigenvalue weighted by molar-refractivity contribution is -0.242. The van der Waals surface area contributed by atoms with E-state index in [0.29, 0.717) is 0 Å². The van der Waals surface area contributed by atoms with E-state index >= 15 is 0 Å². The predicted octanol–water partition coefficient (Wildman–Crippen LogP) is -0.463. The minimum atomic E-state index is -0.873. The van der Waals surface area contributed by atoms with Crippen LogP contribution in [-0.4, -0.2) is 55.2 Å². The van der Waals surface area contributed by atoms with Crippen molar-refractivity contribution in [2.75, 3.05) is 6.61 Å². The molecule has 0 radical (unpaired) electrons. The number of esters is 3. The highest BCUT2D eigenvalue weighted by Gasteiger charge is 2.56. The van der Waals surface area contributed by atoms with Crippen molar-refractivity contribution in [3.8, 4) is 0 Å². The van der Waals surface area contributed by atoms with E-state index in [1.807, 2.05) is 0 Å². The fourth-order valence-corrected chi connectivity index (χ4v) is 2.32. The van der Waals surface area contributed by atoms with Gasteiger partial charge in [0, 0.05) is 20.8 Å². The van der Waals surface area contributed by atoms with Gasteiger partial charge >= 0.3 is 17.9 Å². The summed E-state index contributed by atoms with van der Waals surface area (Å²) in [7, 11) is 0. The number of carbonyl (C=O) groups excluding carboxylic acids is 3. The summed E-state index contributed by atoms with van der Waals surface area (Å²) in [6, 6.07) is 0. The molecule has 5 atom stereocenters. The average molecular weight is 288 g/mol. The number of hydrogen-bond acceptors (Lipinski definition) is 8. The molecule has 0 aromatic rings. The second kappa shape index (κ2) is 5.76. The molecule has 0 saturated carbocycles. The summed E-state index contributed by atoms with van der Waals surface area (Å²) < 4.78 is 26.1. The quantitative estimate of drug-likeness (QED) is 0.508. The van der Waals surface area contributed by atoms with Crippen LogP contribution in [0.4, 0.5) is 0 Å². The Labute approximate surface area is 115 Å². The number of carbonyl (C=O) groups is 3. The SMILES string of the molecule is CC(=O)O[C@@H]1[C@H](OC(C)=O)[C@H]2OC[C@@H](OC(C)=O)[C@@H]1O2. The predicted molar refractivity (Wildman–Crippen MR) is 61.3 cm³/mol. The average Bonchev–Trinajstić information content (AvgIpc) is 2.57. The summed E-state index contributed by atoms with van der Waals surface area (Å²) in [6.07, 6.45) is -4.00. The van der Waals surface area contributed by atoms with Crippen molar-refractivity contribution in [2.45, 2.75) is 51.5 Å². The molecule has 2 rings (SSSR count). The molecule has 0 unspecified atom stereocenters. The summed E-state index contributed by atoms with van der Waals surface area (Å²) in [6.45, 7) is 3.81. The molecule has 0 N–H and O–H groups in total. The number of fused-ring (bicyclic) bond motifs is 2. The maximum absolute atomic E-state index is 11.2. The van der Waals surface area contributed by atoms with Gasteiger partial charge < -0.3 is 23.7 Å². The molecule has 20 heavy (non-hydrogen) atoms. The van der Waals surface area contributed by atoms with Crippen LogP contribution in [0.1, 0.15) is 20.8 Å². The Morgan fingerprint density at radius 1 is 0.900 bits per heavy atom. The van der Waals surface area contributed by atoms with E-state index in [-0.39, 0.29) is 6.61 Å². The molecule has 0 amide bonds. The molecule has 2 heterocycles. The summed E-state index contributed by atoms with van der Waals surface area (Å²) in [4.78, 5) is 33.4. The minimum absolute atomic E-state index is 0.0877. The van der Waals surface area contributed by atoms with Gasteiger partial charge in [0.1, 0.15) is 6.10 Å². The van der Waals surface area contributed by atoms with Gasteiger partial charge in [-0.15, -0.1) is 0 Å². The van der Waals surface area contributed by atoms with Gasteiger partial charge in [0.05, 0.1) is 6.61 Å². The zero-order valence-corrected chi connectivity index (χ0v) is 11.4. The van der Waals surface area contributed by atoms with Crippen LogP contribution in [0.3, 0.4) is 0 Å². The van der Waals surface area contributed by atoms with Crippen molar-refractivity contribution < 1.29 is 38.1 Å². The molecule has 8 heteroatoms. The Hall–Kier alpha value is -1.67. The molecule has 2 saturated heterocycles. The smallest absolute Gasteiger partial charge is 0.303 e. The van der Waals surface area contributed by atoms with E-state index < -0.39 is 48.6 Å². The maximum atomic E-state index is 11.2. The molecule has 0 aliphatic carbocycles. The minimum Gasteiger partial charge on any atom is -0.457 e. The Balaban J connectivity index is 2.17. The van der Waals surface area contributed by atoms with Gasteiger partial charge in [0.25, 0.3) is 0 Å². The molecular weight excluding hydrogens is 272 g/mol. The van der Waals surface area contributed by atoms with Gasteiger partial charge in [-0.1, -0.05) is 0 Å². The Morgan fingerprint density at radius 3 is 2.00 bits per heavy atom. The molecule has 8 nitrogen and oxygen atoms in total. The lowest BCUT2D eigenvalue weighted by Crippen LogP contribution is -2.45. The molecule has 2 aliphatic rings. The zero-order chi connectivity index (χ0) is 14.9. The molecule has 0 aromatic carbocycles. The Morgan fingerprint density at radius 2 is 1.45 bits per heavy atom. The fourth-order valence-electron chi connectivity index (χ4n) is 2.32. The van der Waals surface area contributed by atoms with Crippen LogP contribution >= 0.6 is 0 Å². The van der Waals surface area contributed by atoms with Crippen LogP contribution in [0.15, 0.2) is 0 Å². The van der Waals surface area contributed by atoms with Crippen LogP contribution in [0.25, 0.3) is 0 Å². The molecule has 0 spiro atoms. The third-order valence-electron chi connectivity index (χ3n) is 2.92. The summed E-state index contributed by atoms with van der Waals surface area (Å²) in [5.41, 5.74) is 0. The first-order chi connectivity index (χ1) is 9.38. The lowest BCUT2D eigenvalue weighted by atomic mass is 10.1. The molecule has 2 bridgehead atoms. The first kappa shape index (κ1) is 14.7. The van der Waals surface area contributed by atoms with Crippen LogP contribution in [0, 0.1) is 0 Å². The van der Waals surface area contributed by atoms with Crippen molar-refractivity contribution in [3.63, 3.8) is 0 Å². The Bertz CT molecular complexity index is 420. The van der Waals surface area contributed by atoms with Gasteiger partial charge in [-0.25, -0.2) is 0 Å².